The highest BCUT2D eigenvalue weighted by Gasteiger charge is 2.32. The van der Waals surface area contributed by atoms with Gasteiger partial charge in [0.05, 0.1) is 6.61 Å². The van der Waals surface area contributed by atoms with Crippen molar-refractivity contribution in [2.24, 2.45) is 0 Å². The van der Waals surface area contributed by atoms with Crippen LogP contribution in [0.1, 0.15) is 12.5 Å². The summed E-state index contributed by atoms with van der Waals surface area (Å²) < 4.78 is 5.63. The molecule has 1 fully saturated rings. The van der Waals surface area contributed by atoms with Gasteiger partial charge in [-0.15, -0.1) is 0 Å². The second-order valence-corrected chi connectivity index (χ2v) is 5.89. The Kier molecular flexibility index (Phi) is 4.12. The Morgan fingerprint density at radius 1 is 1.38 bits per heavy atom. The average Bonchev–Trinajstić information content (AvgIpc) is 2.64. The predicted octanol–water partition coefficient (Wildman–Crippen LogP) is 0.842. The van der Waals surface area contributed by atoms with E-state index in [1.54, 1.807) is 0 Å². The van der Waals surface area contributed by atoms with E-state index in [0.717, 1.165) is 13.1 Å². The number of fused-ring (bicyclic) bond motifs is 1. The van der Waals surface area contributed by atoms with Crippen LogP contribution in [0.3, 0.4) is 0 Å². The number of hydrogen-bond donors (Lipinski definition) is 1. The molecule has 0 spiro atoms. The number of benzene rings is 1. The summed E-state index contributed by atoms with van der Waals surface area (Å²) in [6.45, 7) is 5.64. The number of nitrogens with one attached hydrogen (secondary N) is 1. The zero-order chi connectivity index (χ0) is 14.8. The van der Waals surface area contributed by atoms with Crippen molar-refractivity contribution in [1.29, 1.82) is 0 Å². The van der Waals surface area contributed by atoms with Crippen LogP contribution in [-0.4, -0.2) is 56.2 Å². The van der Waals surface area contributed by atoms with Crippen LogP contribution in [0.5, 0.6) is 0 Å². The molecule has 1 amide bonds. The van der Waals surface area contributed by atoms with Crippen molar-refractivity contribution in [2.45, 2.75) is 25.6 Å². The number of nitrogens with zero attached hydrogens (tertiary/aromatic N) is 2. The van der Waals surface area contributed by atoms with Crippen molar-refractivity contribution < 1.29 is 9.53 Å². The van der Waals surface area contributed by atoms with Crippen LogP contribution in [0.25, 0.3) is 0 Å². The van der Waals surface area contributed by atoms with Gasteiger partial charge in [0.1, 0.15) is 6.10 Å². The zero-order valence-electron chi connectivity index (χ0n) is 12.7. The van der Waals surface area contributed by atoms with Crippen molar-refractivity contribution >= 4 is 11.6 Å². The molecule has 5 nitrogen and oxygen atoms in total. The lowest BCUT2D eigenvalue weighted by atomic mass is 10.1. The van der Waals surface area contributed by atoms with E-state index in [4.69, 9.17) is 4.74 Å². The molecule has 3 rings (SSSR count). The summed E-state index contributed by atoms with van der Waals surface area (Å²) in [6, 6.07) is 8.47. The van der Waals surface area contributed by atoms with E-state index in [1.165, 1.54) is 11.3 Å². The first kappa shape index (κ1) is 14.4. The summed E-state index contributed by atoms with van der Waals surface area (Å²) in [5.74, 6) is 0.0970. The van der Waals surface area contributed by atoms with Crippen molar-refractivity contribution in [3.8, 4) is 0 Å². The van der Waals surface area contributed by atoms with Crippen LogP contribution < -0.4 is 10.2 Å². The lowest BCUT2D eigenvalue weighted by Crippen LogP contribution is -2.52. The smallest absolute Gasteiger partial charge is 0.253 e. The Labute approximate surface area is 125 Å². The van der Waals surface area contributed by atoms with Gasteiger partial charge in [0, 0.05) is 45.0 Å². The van der Waals surface area contributed by atoms with Crippen molar-refractivity contribution in [3.05, 3.63) is 29.8 Å². The number of para-hydroxylation sites is 1. The summed E-state index contributed by atoms with van der Waals surface area (Å²) in [6.07, 6.45) is -0.350. The monoisotopic (exact) mass is 289 g/mol. The maximum absolute atomic E-state index is 12.8. The lowest BCUT2D eigenvalue weighted by molar-refractivity contribution is -0.147. The maximum Gasteiger partial charge on any atom is 0.253 e. The van der Waals surface area contributed by atoms with Gasteiger partial charge in [0.15, 0.2) is 0 Å². The van der Waals surface area contributed by atoms with Gasteiger partial charge in [-0.05, 0) is 18.6 Å². The molecular weight excluding hydrogens is 266 g/mol. The Balaban J connectivity index is 1.83. The number of morpholine rings is 1. The number of carbonyl (C=O) groups excluding carboxylic acids is 1. The average molecular weight is 289 g/mol. The topological polar surface area (TPSA) is 44.8 Å². The first-order chi connectivity index (χ1) is 10.2. The molecule has 114 valence electrons. The van der Waals surface area contributed by atoms with Crippen LogP contribution in [0.15, 0.2) is 24.3 Å². The van der Waals surface area contributed by atoms with E-state index in [2.05, 4.69) is 36.3 Å². The van der Waals surface area contributed by atoms with Crippen LogP contribution in [-0.2, 0) is 16.1 Å². The molecular formula is C16H23N3O2. The maximum atomic E-state index is 12.8. The van der Waals surface area contributed by atoms with E-state index in [0.29, 0.717) is 19.7 Å². The highest BCUT2D eigenvalue weighted by atomic mass is 16.5. The van der Waals surface area contributed by atoms with Crippen LogP contribution in [0, 0.1) is 0 Å². The molecule has 21 heavy (non-hydrogen) atoms. The second kappa shape index (κ2) is 6.03. The van der Waals surface area contributed by atoms with E-state index in [9.17, 15) is 4.79 Å². The van der Waals surface area contributed by atoms with Gasteiger partial charge in [-0.1, -0.05) is 18.2 Å². The molecule has 0 radical (unpaired) electrons. The molecule has 2 aliphatic heterocycles. The largest absolute Gasteiger partial charge is 0.372 e. The first-order valence-corrected chi connectivity index (χ1v) is 7.58. The Morgan fingerprint density at radius 3 is 2.95 bits per heavy atom. The van der Waals surface area contributed by atoms with Crippen LogP contribution in [0.2, 0.25) is 0 Å². The minimum Gasteiger partial charge on any atom is -0.372 e. The number of ether oxygens (including phenoxy) is 1. The minimum absolute atomic E-state index is 0.0970. The third-order valence-corrected chi connectivity index (χ3v) is 4.30. The number of hydrogen-bond acceptors (Lipinski definition) is 4. The zero-order valence-corrected chi connectivity index (χ0v) is 12.7. The number of rotatable bonds is 1. The first-order valence-electron chi connectivity index (χ1n) is 7.58. The molecule has 1 aromatic rings. The SMILES string of the molecule is C[C@H]1CN(C)c2ccccc2CN1C(=O)[C@@H]1CNCCO1. The molecule has 0 bridgehead atoms. The molecule has 5 heteroatoms. The van der Waals surface area contributed by atoms with Gasteiger partial charge < -0.3 is 19.9 Å². The Bertz CT molecular complexity index is 514. The standard InChI is InChI=1S/C16H23N3O2/c1-12-10-18(2)14-6-4-3-5-13(14)11-19(12)16(20)15-9-17-7-8-21-15/h3-6,12,15,17H,7-11H2,1-2H3/t12-,15-/m0/s1. The molecule has 0 aromatic heterocycles. The lowest BCUT2D eigenvalue weighted by Gasteiger charge is -2.33. The van der Waals surface area contributed by atoms with E-state index < -0.39 is 0 Å². The quantitative estimate of drug-likeness (QED) is 0.832. The van der Waals surface area contributed by atoms with Crippen molar-refractivity contribution in [1.82, 2.24) is 10.2 Å². The molecule has 2 atom stereocenters. The van der Waals surface area contributed by atoms with Crippen molar-refractivity contribution in [2.75, 3.05) is 38.2 Å². The highest BCUT2D eigenvalue weighted by molar-refractivity contribution is 5.82. The fourth-order valence-electron chi connectivity index (χ4n) is 3.15. The molecule has 2 aliphatic rings. The van der Waals surface area contributed by atoms with E-state index in [-0.39, 0.29) is 18.1 Å². The van der Waals surface area contributed by atoms with Gasteiger partial charge in [-0.25, -0.2) is 0 Å². The van der Waals surface area contributed by atoms with Gasteiger partial charge in [-0.2, -0.15) is 0 Å². The number of amides is 1. The fourth-order valence-corrected chi connectivity index (χ4v) is 3.15. The molecule has 1 saturated heterocycles. The van der Waals surface area contributed by atoms with E-state index >= 15 is 0 Å². The highest BCUT2D eigenvalue weighted by Crippen LogP contribution is 2.26. The minimum atomic E-state index is -0.350. The Hall–Kier alpha value is -1.59. The number of likely N-dealkylation sites (N-methyl/N-ethyl adjacent to an activating group) is 1. The normalized spacial score (nSPS) is 26.2. The van der Waals surface area contributed by atoms with E-state index in [1.807, 2.05) is 17.0 Å². The van der Waals surface area contributed by atoms with Crippen LogP contribution in [0.4, 0.5) is 5.69 Å². The molecule has 1 N–H and O–H groups in total. The van der Waals surface area contributed by atoms with Crippen molar-refractivity contribution in [3.63, 3.8) is 0 Å². The summed E-state index contributed by atoms with van der Waals surface area (Å²) in [7, 11) is 2.09. The molecule has 0 aliphatic carbocycles. The fraction of sp³-hybridized carbons (Fsp3) is 0.562. The number of anilines is 1. The molecule has 1 aromatic carbocycles. The van der Waals surface area contributed by atoms with Gasteiger partial charge in [0.25, 0.3) is 5.91 Å². The predicted molar refractivity (Wildman–Crippen MR) is 82.3 cm³/mol. The third-order valence-electron chi connectivity index (χ3n) is 4.30. The Morgan fingerprint density at radius 2 is 2.19 bits per heavy atom. The second-order valence-electron chi connectivity index (χ2n) is 5.89. The van der Waals surface area contributed by atoms with Gasteiger partial charge >= 0.3 is 0 Å². The summed E-state index contributed by atoms with van der Waals surface area (Å²) >= 11 is 0. The molecule has 0 saturated carbocycles. The summed E-state index contributed by atoms with van der Waals surface area (Å²) in [5, 5.41) is 3.23. The van der Waals surface area contributed by atoms with Gasteiger partial charge in [0.2, 0.25) is 0 Å². The van der Waals surface area contributed by atoms with Gasteiger partial charge in [-0.3, -0.25) is 4.79 Å². The summed E-state index contributed by atoms with van der Waals surface area (Å²) in [4.78, 5) is 17.0. The van der Waals surface area contributed by atoms with Crippen LogP contribution >= 0.6 is 0 Å². The number of carbonyl (C=O) groups is 1. The molecule has 0 unspecified atom stereocenters. The molecule has 2 heterocycles. The third kappa shape index (κ3) is 2.89. The summed E-state index contributed by atoms with van der Waals surface area (Å²) in [5.41, 5.74) is 2.41.